The molecule has 188 valence electrons. The Kier molecular flexibility index (Phi) is 6.51. The topological polar surface area (TPSA) is 102 Å². The van der Waals surface area contributed by atoms with Crippen molar-refractivity contribution < 1.29 is 9.59 Å². The van der Waals surface area contributed by atoms with Gasteiger partial charge in [-0.1, -0.05) is 24.6 Å². The number of carbonyl (C=O) groups excluding carboxylic acids is 2. The first-order chi connectivity index (χ1) is 17.3. The predicted molar refractivity (Wildman–Crippen MR) is 139 cm³/mol. The molecule has 2 saturated carbocycles. The molecule has 2 aromatic carbocycles. The highest BCUT2D eigenvalue weighted by Crippen LogP contribution is 2.30. The Labute approximate surface area is 209 Å². The van der Waals surface area contributed by atoms with Crippen molar-refractivity contribution in [2.75, 3.05) is 5.32 Å². The Hall–Kier alpha value is -3.68. The summed E-state index contributed by atoms with van der Waals surface area (Å²) in [5.41, 5.74) is 1.05. The SMILES string of the molecule is CC(C)n1c(=O)n(CC2CC2)c(=O)c2cc(NC(=O)[C@H]3CCC[C@H]3NC(=O)c3ccccc3)ccc21. The summed E-state index contributed by atoms with van der Waals surface area (Å²) in [4.78, 5) is 52.2. The fraction of sp³-hybridized carbons (Fsp3) is 0.429. The van der Waals surface area contributed by atoms with Crippen LogP contribution in [0.15, 0.2) is 58.1 Å². The molecule has 2 aliphatic rings. The van der Waals surface area contributed by atoms with Crippen LogP contribution >= 0.6 is 0 Å². The number of nitrogens with one attached hydrogen (secondary N) is 2. The Balaban J connectivity index is 1.39. The van der Waals surface area contributed by atoms with Crippen molar-refractivity contribution in [3.05, 3.63) is 74.9 Å². The summed E-state index contributed by atoms with van der Waals surface area (Å²) in [5.74, 6) is -0.346. The Bertz CT molecular complexity index is 1420. The molecule has 1 aromatic heterocycles. The molecule has 2 aliphatic carbocycles. The first kappa shape index (κ1) is 24.0. The van der Waals surface area contributed by atoms with E-state index in [1.54, 1.807) is 34.9 Å². The van der Waals surface area contributed by atoms with Crippen molar-refractivity contribution in [3.63, 3.8) is 0 Å². The number of carbonyl (C=O) groups is 2. The van der Waals surface area contributed by atoms with Gasteiger partial charge in [-0.15, -0.1) is 0 Å². The monoisotopic (exact) mass is 488 g/mol. The van der Waals surface area contributed by atoms with E-state index in [9.17, 15) is 19.2 Å². The van der Waals surface area contributed by atoms with Crippen LogP contribution in [-0.4, -0.2) is 27.0 Å². The lowest BCUT2D eigenvalue weighted by Crippen LogP contribution is -2.42. The van der Waals surface area contributed by atoms with Crippen LogP contribution in [0.1, 0.15) is 62.4 Å². The minimum Gasteiger partial charge on any atom is -0.349 e. The summed E-state index contributed by atoms with van der Waals surface area (Å²) in [7, 11) is 0. The molecule has 0 saturated heterocycles. The van der Waals surface area contributed by atoms with Gasteiger partial charge in [0, 0.05) is 29.9 Å². The van der Waals surface area contributed by atoms with Gasteiger partial charge in [0.25, 0.3) is 11.5 Å². The zero-order valence-electron chi connectivity index (χ0n) is 20.7. The number of fused-ring (bicyclic) bond motifs is 1. The molecule has 0 radical (unpaired) electrons. The van der Waals surface area contributed by atoms with Gasteiger partial charge < -0.3 is 10.6 Å². The highest BCUT2D eigenvalue weighted by atomic mass is 16.2. The molecule has 3 aromatic rings. The van der Waals surface area contributed by atoms with Gasteiger partial charge in [0.1, 0.15) is 0 Å². The molecule has 5 rings (SSSR count). The van der Waals surface area contributed by atoms with Crippen LogP contribution in [0.4, 0.5) is 5.69 Å². The lowest BCUT2D eigenvalue weighted by atomic mass is 10.0. The van der Waals surface area contributed by atoms with Crippen molar-refractivity contribution in [2.45, 2.75) is 64.6 Å². The molecule has 36 heavy (non-hydrogen) atoms. The number of aromatic nitrogens is 2. The third-order valence-electron chi connectivity index (χ3n) is 7.30. The minimum atomic E-state index is -0.357. The Morgan fingerprint density at radius 2 is 1.75 bits per heavy atom. The second-order valence-electron chi connectivity index (χ2n) is 10.3. The first-order valence-corrected chi connectivity index (χ1v) is 12.8. The summed E-state index contributed by atoms with van der Waals surface area (Å²) < 4.78 is 2.99. The molecule has 0 spiro atoms. The average Bonchev–Trinajstić information content (AvgIpc) is 3.57. The number of nitrogens with zero attached hydrogens (tertiary/aromatic N) is 2. The smallest absolute Gasteiger partial charge is 0.331 e. The summed E-state index contributed by atoms with van der Waals surface area (Å²) in [5, 5.41) is 6.39. The molecule has 2 amide bonds. The second-order valence-corrected chi connectivity index (χ2v) is 10.3. The average molecular weight is 489 g/mol. The summed E-state index contributed by atoms with van der Waals surface area (Å²) in [6.45, 7) is 4.28. The predicted octanol–water partition coefficient (Wildman–Crippen LogP) is 3.69. The van der Waals surface area contributed by atoms with Crippen LogP contribution in [0, 0.1) is 11.8 Å². The number of hydrogen-bond acceptors (Lipinski definition) is 4. The van der Waals surface area contributed by atoms with Gasteiger partial charge in [-0.3, -0.25) is 23.5 Å². The fourth-order valence-electron chi connectivity index (χ4n) is 5.20. The van der Waals surface area contributed by atoms with E-state index in [0.29, 0.717) is 41.0 Å². The molecule has 0 aliphatic heterocycles. The zero-order chi connectivity index (χ0) is 25.4. The van der Waals surface area contributed by atoms with Crippen LogP contribution in [0.3, 0.4) is 0 Å². The lowest BCUT2D eigenvalue weighted by molar-refractivity contribution is -0.120. The molecule has 2 atom stereocenters. The molecule has 8 nitrogen and oxygen atoms in total. The Morgan fingerprint density at radius 3 is 2.44 bits per heavy atom. The molecule has 2 N–H and O–H groups in total. The van der Waals surface area contributed by atoms with Gasteiger partial charge in [0.05, 0.1) is 16.8 Å². The maximum absolute atomic E-state index is 13.3. The van der Waals surface area contributed by atoms with Crippen molar-refractivity contribution in [1.29, 1.82) is 0 Å². The fourth-order valence-corrected chi connectivity index (χ4v) is 5.20. The molecule has 2 fully saturated rings. The zero-order valence-corrected chi connectivity index (χ0v) is 20.7. The highest BCUT2D eigenvalue weighted by Gasteiger charge is 2.34. The molecule has 1 heterocycles. The lowest BCUT2D eigenvalue weighted by Gasteiger charge is -2.21. The van der Waals surface area contributed by atoms with Crippen LogP contribution < -0.4 is 21.9 Å². The van der Waals surface area contributed by atoms with Gasteiger partial charge in [-0.05, 0) is 75.8 Å². The van der Waals surface area contributed by atoms with E-state index in [-0.39, 0.29) is 41.1 Å². The van der Waals surface area contributed by atoms with Crippen molar-refractivity contribution in [3.8, 4) is 0 Å². The minimum absolute atomic E-state index is 0.112. The molecular weight excluding hydrogens is 456 g/mol. The van der Waals surface area contributed by atoms with E-state index < -0.39 is 0 Å². The van der Waals surface area contributed by atoms with Gasteiger partial charge >= 0.3 is 5.69 Å². The number of rotatable bonds is 7. The van der Waals surface area contributed by atoms with Crippen LogP contribution in [-0.2, 0) is 11.3 Å². The number of benzene rings is 2. The van der Waals surface area contributed by atoms with Gasteiger partial charge in [0.2, 0.25) is 5.91 Å². The molecule has 0 unspecified atom stereocenters. The largest absolute Gasteiger partial charge is 0.349 e. The quantitative estimate of drug-likeness (QED) is 0.530. The number of amides is 2. The van der Waals surface area contributed by atoms with E-state index in [1.165, 1.54) is 4.57 Å². The van der Waals surface area contributed by atoms with E-state index in [1.807, 2.05) is 32.0 Å². The number of anilines is 1. The van der Waals surface area contributed by atoms with Crippen LogP contribution in [0.5, 0.6) is 0 Å². The van der Waals surface area contributed by atoms with E-state index in [4.69, 9.17) is 0 Å². The van der Waals surface area contributed by atoms with Crippen molar-refractivity contribution >= 4 is 28.4 Å². The summed E-state index contributed by atoms with van der Waals surface area (Å²) in [6, 6.07) is 13.8. The van der Waals surface area contributed by atoms with E-state index >= 15 is 0 Å². The molecule has 0 bridgehead atoms. The van der Waals surface area contributed by atoms with Gasteiger partial charge in [-0.2, -0.15) is 0 Å². The molecule has 8 heteroatoms. The second kappa shape index (κ2) is 9.76. The molecular formula is C28H32N4O4. The third-order valence-corrected chi connectivity index (χ3v) is 7.30. The third kappa shape index (κ3) is 4.72. The number of hydrogen-bond donors (Lipinski definition) is 2. The van der Waals surface area contributed by atoms with Crippen molar-refractivity contribution in [2.24, 2.45) is 11.8 Å². The van der Waals surface area contributed by atoms with Crippen LogP contribution in [0.2, 0.25) is 0 Å². The first-order valence-electron chi connectivity index (χ1n) is 12.8. The Morgan fingerprint density at radius 1 is 1.00 bits per heavy atom. The maximum Gasteiger partial charge on any atom is 0.331 e. The van der Waals surface area contributed by atoms with Crippen LogP contribution in [0.25, 0.3) is 10.9 Å². The van der Waals surface area contributed by atoms with Gasteiger partial charge in [0.15, 0.2) is 0 Å². The van der Waals surface area contributed by atoms with Gasteiger partial charge in [-0.25, -0.2) is 4.79 Å². The van der Waals surface area contributed by atoms with Crippen molar-refractivity contribution in [1.82, 2.24) is 14.5 Å². The highest BCUT2D eigenvalue weighted by molar-refractivity contribution is 5.97. The standard InChI is InChI=1S/C28H32N4O4/c1-17(2)32-24-14-13-20(15-22(24)27(35)31(28(32)36)16-18-11-12-18)29-26(34)21-9-6-10-23(21)30-25(33)19-7-4-3-5-8-19/h3-5,7-8,13-15,17-18,21,23H,6,9-12,16H2,1-2H3,(H,29,34)(H,30,33)/t21-,23+/m0/s1. The summed E-state index contributed by atoms with van der Waals surface area (Å²) >= 11 is 0. The summed E-state index contributed by atoms with van der Waals surface area (Å²) in [6.07, 6.45) is 4.33. The normalized spacial score (nSPS) is 19.5. The van der Waals surface area contributed by atoms with E-state index in [2.05, 4.69) is 10.6 Å². The van der Waals surface area contributed by atoms with E-state index in [0.717, 1.165) is 25.7 Å². The maximum atomic E-state index is 13.3.